The van der Waals surface area contributed by atoms with Gasteiger partial charge in [-0.15, -0.1) is 11.8 Å². The van der Waals surface area contributed by atoms with Gasteiger partial charge in [0, 0.05) is 5.75 Å². The third kappa shape index (κ3) is 8.39. The first-order valence-electron chi connectivity index (χ1n) is 4.93. The SMILES string of the molecule is CC(C)(C)OC(=O)N[C@@H](CSCC#N)C(=O)O. The van der Waals surface area contributed by atoms with Gasteiger partial charge in [-0.05, 0) is 20.8 Å². The Kier molecular flexibility index (Phi) is 6.43. The van der Waals surface area contributed by atoms with Gasteiger partial charge in [-0.1, -0.05) is 0 Å². The zero-order valence-corrected chi connectivity index (χ0v) is 10.8. The summed E-state index contributed by atoms with van der Waals surface area (Å²) in [5.74, 6) is -0.844. The number of amides is 1. The topological polar surface area (TPSA) is 99.4 Å². The van der Waals surface area contributed by atoms with Crippen LogP contribution >= 0.6 is 11.8 Å². The van der Waals surface area contributed by atoms with E-state index in [1.54, 1.807) is 20.8 Å². The van der Waals surface area contributed by atoms with Crippen LogP contribution in [0, 0.1) is 11.3 Å². The highest BCUT2D eigenvalue weighted by Gasteiger charge is 2.23. The van der Waals surface area contributed by atoms with Crippen molar-refractivity contribution in [3.63, 3.8) is 0 Å². The number of ether oxygens (including phenoxy) is 1. The average Bonchev–Trinajstić information content (AvgIpc) is 2.13. The first-order valence-corrected chi connectivity index (χ1v) is 6.08. The number of carbonyl (C=O) groups excluding carboxylic acids is 1. The summed E-state index contributed by atoms with van der Waals surface area (Å²) < 4.78 is 4.94. The molecule has 0 unspecified atom stereocenters. The Balaban J connectivity index is 4.22. The lowest BCUT2D eigenvalue weighted by atomic mass is 10.2. The summed E-state index contributed by atoms with van der Waals surface area (Å²) in [7, 11) is 0. The quantitative estimate of drug-likeness (QED) is 0.721. The first-order chi connectivity index (χ1) is 7.76. The second-order valence-corrected chi connectivity index (χ2v) is 5.24. The molecular weight excluding hydrogens is 244 g/mol. The monoisotopic (exact) mass is 260 g/mol. The third-order valence-corrected chi connectivity index (χ3v) is 2.34. The number of nitriles is 1. The predicted molar refractivity (Wildman–Crippen MR) is 63.7 cm³/mol. The minimum absolute atomic E-state index is 0.127. The summed E-state index contributed by atoms with van der Waals surface area (Å²) in [6, 6.07) is 0.827. The van der Waals surface area contributed by atoms with Crippen LogP contribution in [-0.2, 0) is 9.53 Å². The number of rotatable bonds is 5. The van der Waals surface area contributed by atoms with E-state index in [1.807, 2.05) is 6.07 Å². The Morgan fingerprint density at radius 2 is 2.12 bits per heavy atom. The van der Waals surface area contributed by atoms with E-state index < -0.39 is 23.7 Å². The maximum Gasteiger partial charge on any atom is 0.408 e. The molecule has 0 aliphatic heterocycles. The van der Waals surface area contributed by atoms with Gasteiger partial charge >= 0.3 is 12.1 Å². The molecular formula is C10H16N2O4S. The van der Waals surface area contributed by atoms with E-state index in [-0.39, 0.29) is 11.5 Å². The second-order valence-electron chi connectivity index (χ2n) is 4.21. The maximum atomic E-state index is 11.3. The van der Waals surface area contributed by atoms with E-state index in [0.717, 1.165) is 11.8 Å². The summed E-state index contributed by atoms with van der Waals surface area (Å²) in [4.78, 5) is 22.2. The molecule has 0 aliphatic rings. The van der Waals surface area contributed by atoms with Gasteiger partial charge in [-0.2, -0.15) is 5.26 Å². The number of carboxylic acids is 1. The van der Waals surface area contributed by atoms with E-state index in [0.29, 0.717) is 0 Å². The highest BCUT2D eigenvalue weighted by Crippen LogP contribution is 2.08. The average molecular weight is 260 g/mol. The van der Waals surface area contributed by atoms with E-state index in [1.165, 1.54) is 0 Å². The number of alkyl carbamates (subject to hydrolysis) is 1. The van der Waals surface area contributed by atoms with Crippen molar-refractivity contribution in [2.24, 2.45) is 0 Å². The van der Waals surface area contributed by atoms with Crippen molar-refractivity contribution in [3.05, 3.63) is 0 Å². The first kappa shape index (κ1) is 15.6. The minimum Gasteiger partial charge on any atom is -0.480 e. The van der Waals surface area contributed by atoms with Crippen LogP contribution in [-0.4, -0.2) is 40.3 Å². The van der Waals surface area contributed by atoms with Gasteiger partial charge in [0.2, 0.25) is 0 Å². The molecule has 0 bridgehead atoms. The fourth-order valence-corrected chi connectivity index (χ4v) is 1.52. The van der Waals surface area contributed by atoms with Crippen molar-refractivity contribution in [3.8, 4) is 6.07 Å². The summed E-state index contributed by atoms with van der Waals surface area (Å²) >= 11 is 1.14. The molecule has 0 aromatic carbocycles. The highest BCUT2D eigenvalue weighted by molar-refractivity contribution is 7.99. The fourth-order valence-electron chi connectivity index (χ4n) is 0.847. The van der Waals surface area contributed by atoms with Gasteiger partial charge in [0.1, 0.15) is 11.6 Å². The summed E-state index contributed by atoms with van der Waals surface area (Å²) in [5, 5.41) is 19.4. The van der Waals surface area contributed by atoms with Gasteiger partial charge in [0.15, 0.2) is 0 Å². The van der Waals surface area contributed by atoms with Crippen molar-refractivity contribution in [2.45, 2.75) is 32.4 Å². The number of nitrogens with zero attached hydrogens (tertiary/aromatic N) is 1. The number of carbonyl (C=O) groups is 2. The Bertz CT molecular complexity index is 319. The Hall–Kier alpha value is -1.42. The van der Waals surface area contributed by atoms with Gasteiger partial charge in [0.25, 0.3) is 0 Å². The second kappa shape index (κ2) is 7.01. The van der Waals surface area contributed by atoms with Crippen LogP contribution in [0.3, 0.4) is 0 Å². The largest absolute Gasteiger partial charge is 0.480 e. The number of nitrogens with one attached hydrogen (secondary N) is 1. The molecule has 1 atom stereocenters. The van der Waals surface area contributed by atoms with Crippen molar-refractivity contribution < 1.29 is 19.4 Å². The zero-order valence-electron chi connectivity index (χ0n) is 10.0. The van der Waals surface area contributed by atoms with Crippen LogP contribution in [0.25, 0.3) is 0 Å². The van der Waals surface area contributed by atoms with Crippen molar-refractivity contribution in [1.29, 1.82) is 5.26 Å². The lowest BCUT2D eigenvalue weighted by Crippen LogP contribution is -2.44. The number of hydrogen-bond acceptors (Lipinski definition) is 5. The highest BCUT2D eigenvalue weighted by atomic mass is 32.2. The van der Waals surface area contributed by atoms with Crippen molar-refractivity contribution >= 4 is 23.8 Å². The molecule has 0 saturated carbocycles. The lowest BCUT2D eigenvalue weighted by Gasteiger charge is -2.21. The molecule has 96 valence electrons. The van der Waals surface area contributed by atoms with E-state index in [2.05, 4.69) is 5.32 Å². The Morgan fingerprint density at radius 1 is 1.53 bits per heavy atom. The summed E-state index contributed by atoms with van der Waals surface area (Å²) in [6.07, 6.45) is -0.776. The molecule has 0 heterocycles. The molecule has 1 amide bonds. The molecule has 6 nitrogen and oxygen atoms in total. The fraction of sp³-hybridized carbons (Fsp3) is 0.700. The van der Waals surface area contributed by atoms with Crippen LogP contribution in [0.15, 0.2) is 0 Å². The molecule has 0 aliphatic carbocycles. The Labute approximate surface area is 104 Å². The maximum absolute atomic E-state index is 11.3. The molecule has 0 radical (unpaired) electrons. The van der Waals surface area contributed by atoms with Crippen LogP contribution in [0.1, 0.15) is 20.8 Å². The van der Waals surface area contributed by atoms with Crippen LogP contribution in [0.4, 0.5) is 4.79 Å². The Morgan fingerprint density at radius 3 is 2.53 bits per heavy atom. The van der Waals surface area contributed by atoms with Crippen LogP contribution in [0.2, 0.25) is 0 Å². The third-order valence-electron chi connectivity index (χ3n) is 1.44. The molecule has 7 heteroatoms. The standard InChI is InChI=1S/C10H16N2O4S/c1-10(2,3)16-9(15)12-7(8(13)14)6-17-5-4-11/h7H,5-6H2,1-3H3,(H,12,15)(H,13,14)/t7-/m0/s1. The summed E-state index contributed by atoms with van der Waals surface area (Å²) in [5.41, 5.74) is -0.674. The van der Waals surface area contributed by atoms with Gasteiger partial charge in [-0.25, -0.2) is 9.59 Å². The number of carboxylic acid groups (broad SMARTS) is 1. The van der Waals surface area contributed by atoms with Gasteiger partial charge in [-0.3, -0.25) is 0 Å². The van der Waals surface area contributed by atoms with Crippen molar-refractivity contribution in [1.82, 2.24) is 5.32 Å². The van der Waals surface area contributed by atoms with E-state index in [9.17, 15) is 9.59 Å². The van der Waals surface area contributed by atoms with Gasteiger partial charge in [0.05, 0.1) is 11.8 Å². The molecule has 0 aromatic heterocycles. The smallest absolute Gasteiger partial charge is 0.408 e. The van der Waals surface area contributed by atoms with Crippen molar-refractivity contribution in [2.75, 3.05) is 11.5 Å². The molecule has 2 N–H and O–H groups in total. The predicted octanol–water partition coefficient (Wildman–Crippen LogP) is 1.22. The summed E-state index contributed by atoms with van der Waals surface area (Å²) in [6.45, 7) is 5.06. The lowest BCUT2D eigenvalue weighted by molar-refractivity contribution is -0.138. The molecule has 17 heavy (non-hydrogen) atoms. The number of hydrogen-bond donors (Lipinski definition) is 2. The minimum atomic E-state index is -1.15. The molecule has 0 fully saturated rings. The zero-order chi connectivity index (χ0) is 13.5. The molecule has 0 saturated heterocycles. The van der Waals surface area contributed by atoms with Crippen LogP contribution < -0.4 is 5.32 Å². The van der Waals surface area contributed by atoms with Crippen LogP contribution in [0.5, 0.6) is 0 Å². The molecule has 0 spiro atoms. The van der Waals surface area contributed by atoms with E-state index in [4.69, 9.17) is 15.1 Å². The normalized spacial score (nSPS) is 12.4. The van der Waals surface area contributed by atoms with Gasteiger partial charge < -0.3 is 15.2 Å². The number of aliphatic carboxylic acids is 1. The number of thioether (sulfide) groups is 1. The van der Waals surface area contributed by atoms with E-state index >= 15 is 0 Å². The molecule has 0 rings (SSSR count). The molecule has 0 aromatic rings.